The number of aromatic carboxylic acids is 2. The summed E-state index contributed by atoms with van der Waals surface area (Å²) in [7, 11) is 0. The van der Waals surface area contributed by atoms with Crippen molar-refractivity contribution in [2.75, 3.05) is 0 Å². The van der Waals surface area contributed by atoms with Crippen LogP contribution in [-0.4, -0.2) is 22.2 Å². The minimum absolute atomic E-state index is 0.0277. The predicted octanol–water partition coefficient (Wildman–Crippen LogP) is 3.20. The molecular weight excluding hydrogens is 220 g/mol. The molecule has 0 amide bonds. The fraction of sp³-hybridized carbons (Fsp3) is 0.385. The summed E-state index contributed by atoms with van der Waals surface area (Å²) < 4.78 is 0. The number of benzene rings is 1. The maximum absolute atomic E-state index is 10.6. The smallest absolute Gasteiger partial charge is 0.335 e. The first-order valence-corrected chi connectivity index (χ1v) is 5.51. The predicted molar refractivity (Wildman–Crippen MR) is 65.7 cm³/mol. The summed E-state index contributed by atoms with van der Waals surface area (Å²) >= 11 is 0. The standard InChI is InChI=1S/C9H8O4.C4H10/c1-5-6(8(10)11)3-2-4-7(5)9(12)13;1-3-4-2/h2-4H,1H3,(H,10,11)(H,12,13);3-4H2,1-2H3. The third kappa shape index (κ3) is 4.68. The van der Waals surface area contributed by atoms with Crippen molar-refractivity contribution >= 4 is 11.9 Å². The topological polar surface area (TPSA) is 74.6 Å². The molecule has 4 heteroatoms. The van der Waals surface area contributed by atoms with Gasteiger partial charge in [0, 0.05) is 0 Å². The van der Waals surface area contributed by atoms with Gasteiger partial charge in [0.1, 0.15) is 0 Å². The Bertz CT molecular complexity index is 362. The Balaban J connectivity index is 0.000000557. The number of unbranched alkanes of at least 4 members (excludes halogenated alkanes) is 1. The molecule has 0 saturated heterocycles. The van der Waals surface area contributed by atoms with Gasteiger partial charge in [-0.2, -0.15) is 0 Å². The van der Waals surface area contributed by atoms with Crippen molar-refractivity contribution in [1.29, 1.82) is 0 Å². The van der Waals surface area contributed by atoms with Gasteiger partial charge in [-0.1, -0.05) is 32.8 Å². The number of carboxylic acid groups (broad SMARTS) is 2. The summed E-state index contributed by atoms with van der Waals surface area (Å²) in [6.07, 6.45) is 2.64. The molecule has 0 radical (unpaired) electrons. The van der Waals surface area contributed by atoms with E-state index in [9.17, 15) is 9.59 Å². The Labute approximate surface area is 101 Å². The van der Waals surface area contributed by atoms with Crippen molar-refractivity contribution in [1.82, 2.24) is 0 Å². The monoisotopic (exact) mass is 238 g/mol. The van der Waals surface area contributed by atoms with Crippen LogP contribution < -0.4 is 0 Å². The van der Waals surface area contributed by atoms with Crippen LogP contribution in [0.4, 0.5) is 0 Å². The van der Waals surface area contributed by atoms with E-state index in [-0.39, 0.29) is 16.7 Å². The van der Waals surface area contributed by atoms with Gasteiger partial charge in [-0.25, -0.2) is 9.59 Å². The van der Waals surface area contributed by atoms with E-state index in [0.29, 0.717) is 0 Å². The van der Waals surface area contributed by atoms with Crippen molar-refractivity contribution in [3.8, 4) is 0 Å². The molecule has 1 aromatic carbocycles. The molecule has 1 aromatic rings. The zero-order chi connectivity index (χ0) is 13.4. The zero-order valence-electron chi connectivity index (χ0n) is 10.4. The van der Waals surface area contributed by atoms with E-state index in [1.807, 2.05) is 0 Å². The maximum Gasteiger partial charge on any atom is 0.335 e. The van der Waals surface area contributed by atoms with Crippen LogP contribution in [0.5, 0.6) is 0 Å². The first kappa shape index (κ1) is 15.2. The minimum Gasteiger partial charge on any atom is -0.478 e. The largest absolute Gasteiger partial charge is 0.478 e. The molecule has 0 fully saturated rings. The maximum atomic E-state index is 10.6. The molecule has 0 saturated carbocycles. The molecule has 0 spiro atoms. The molecule has 0 unspecified atom stereocenters. The van der Waals surface area contributed by atoms with Crippen LogP contribution in [0.25, 0.3) is 0 Å². The summed E-state index contributed by atoms with van der Waals surface area (Å²) in [5, 5.41) is 17.4. The highest BCUT2D eigenvalue weighted by Gasteiger charge is 2.13. The summed E-state index contributed by atoms with van der Waals surface area (Å²) in [6.45, 7) is 5.84. The van der Waals surface area contributed by atoms with E-state index in [2.05, 4.69) is 13.8 Å². The molecular formula is C13H18O4. The Morgan fingerprint density at radius 3 is 1.59 bits per heavy atom. The summed E-state index contributed by atoms with van der Waals surface area (Å²) in [6, 6.07) is 4.17. The second-order valence-electron chi connectivity index (χ2n) is 3.59. The number of hydrogen-bond donors (Lipinski definition) is 2. The molecule has 0 aliphatic carbocycles. The van der Waals surface area contributed by atoms with Gasteiger partial charge in [-0.3, -0.25) is 0 Å². The van der Waals surface area contributed by atoms with E-state index >= 15 is 0 Å². The molecule has 17 heavy (non-hydrogen) atoms. The Hall–Kier alpha value is -1.84. The SMILES string of the molecule is CCCC.Cc1c(C(=O)O)cccc1C(=O)O. The summed E-state index contributed by atoms with van der Waals surface area (Å²) in [5.74, 6) is -2.22. The van der Waals surface area contributed by atoms with Gasteiger partial charge in [-0.15, -0.1) is 0 Å². The normalized spacial score (nSPS) is 9.12. The van der Waals surface area contributed by atoms with Gasteiger partial charge < -0.3 is 10.2 Å². The van der Waals surface area contributed by atoms with Crippen molar-refractivity contribution in [3.63, 3.8) is 0 Å². The van der Waals surface area contributed by atoms with Gasteiger partial charge in [0.15, 0.2) is 0 Å². The second kappa shape index (κ2) is 7.44. The van der Waals surface area contributed by atoms with Gasteiger partial charge in [0.05, 0.1) is 11.1 Å². The lowest BCUT2D eigenvalue weighted by Crippen LogP contribution is -2.06. The fourth-order valence-electron chi connectivity index (χ4n) is 1.10. The summed E-state index contributed by atoms with van der Waals surface area (Å²) in [5.41, 5.74) is 0.335. The van der Waals surface area contributed by atoms with Crippen LogP contribution in [0.15, 0.2) is 18.2 Å². The van der Waals surface area contributed by atoms with Crippen LogP contribution in [0.3, 0.4) is 0 Å². The minimum atomic E-state index is -1.11. The highest BCUT2D eigenvalue weighted by Crippen LogP contribution is 2.13. The average molecular weight is 238 g/mol. The molecule has 94 valence electrons. The summed E-state index contributed by atoms with van der Waals surface area (Å²) in [4.78, 5) is 21.2. The lowest BCUT2D eigenvalue weighted by molar-refractivity contribution is 0.0696. The highest BCUT2D eigenvalue weighted by atomic mass is 16.4. The van der Waals surface area contributed by atoms with Crippen LogP contribution in [0, 0.1) is 6.92 Å². The first-order valence-electron chi connectivity index (χ1n) is 5.51. The third-order valence-corrected chi connectivity index (χ3v) is 2.29. The molecule has 0 atom stereocenters. The Morgan fingerprint density at radius 2 is 1.35 bits per heavy atom. The van der Waals surface area contributed by atoms with E-state index in [0.717, 1.165) is 0 Å². The van der Waals surface area contributed by atoms with E-state index in [1.165, 1.54) is 38.0 Å². The number of carboxylic acids is 2. The highest BCUT2D eigenvalue weighted by molar-refractivity contribution is 5.96. The van der Waals surface area contributed by atoms with E-state index in [1.54, 1.807) is 0 Å². The van der Waals surface area contributed by atoms with Crippen molar-refractivity contribution in [2.24, 2.45) is 0 Å². The van der Waals surface area contributed by atoms with Crippen LogP contribution in [0.1, 0.15) is 53.0 Å². The molecule has 0 aliphatic rings. The van der Waals surface area contributed by atoms with Gasteiger partial charge in [0.25, 0.3) is 0 Å². The van der Waals surface area contributed by atoms with Crippen molar-refractivity contribution < 1.29 is 19.8 Å². The molecule has 2 N–H and O–H groups in total. The number of rotatable bonds is 3. The fourth-order valence-corrected chi connectivity index (χ4v) is 1.10. The van der Waals surface area contributed by atoms with Gasteiger partial charge >= 0.3 is 11.9 Å². The lowest BCUT2D eigenvalue weighted by atomic mass is 10.0. The molecule has 0 aromatic heterocycles. The lowest BCUT2D eigenvalue weighted by Gasteiger charge is -2.03. The number of hydrogen-bond acceptors (Lipinski definition) is 2. The van der Waals surface area contributed by atoms with Gasteiger partial charge in [-0.05, 0) is 24.6 Å². The number of carbonyl (C=O) groups is 2. The van der Waals surface area contributed by atoms with Crippen LogP contribution >= 0.6 is 0 Å². The quantitative estimate of drug-likeness (QED) is 0.847. The molecule has 4 nitrogen and oxygen atoms in total. The van der Waals surface area contributed by atoms with E-state index in [4.69, 9.17) is 10.2 Å². The second-order valence-corrected chi connectivity index (χ2v) is 3.59. The molecule has 1 rings (SSSR count). The third-order valence-electron chi connectivity index (χ3n) is 2.29. The Kier molecular flexibility index (Phi) is 6.63. The van der Waals surface area contributed by atoms with Crippen LogP contribution in [0.2, 0.25) is 0 Å². The molecule has 0 bridgehead atoms. The van der Waals surface area contributed by atoms with Gasteiger partial charge in [0.2, 0.25) is 0 Å². The average Bonchev–Trinajstić information content (AvgIpc) is 2.29. The van der Waals surface area contributed by atoms with Crippen LogP contribution in [-0.2, 0) is 0 Å². The first-order chi connectivity index (χ1) is 7.95. The molecule has 0 heterocycles. The Morgan fingerprint density at radius 1 is 1.00 bits per heavy atom. The van der Waals surface area contributed by atoms with Crippen molar-refractivity contribution in [2.45, 2.75) is 33.6 Å². The zero-order valence-corrected chi connectivity index (χ0v) is 10.4. The van der Waals surface area contributed by atoms with E-state index < -0.39 is 11.9 Å². The molecule has 0 aliphatic heterocycles. The van der Waals surface area contributed by atoms with Crippen molar-refractivity contribution in [3.05, 3.63) is 34.9 Å².